The maximum absolute atomic E-state index is 6.19. The smallest absolute Gasteiger partial charge is 0.260 e. The fraction of sp³-hybridized carbons (Fsp3) is 0.500. The normalized spacial score (nSPS) is 25.3. The zero-order valence-corrected chi connectivity index (χ0v) is 15.1. The first-order chi connectivity index (χ1) is 10.9. The molecule has 0 amide bonds. The summed E-state index contributed by atoms with van der Waals surface area (Å²) in [7, 11) is 0. The Hall–Kier alpha value is -0.820. The lowest BCUT2D eigenvalue weighted by molar-refractivity contribution is 0.166. The van der Waals surface area contributed by atoms with Gasteiger partial charge in [0.2, 0.25) is 0 Å². The van der Waals surface area contributed by atoms with Crippen molar-refractivity contribution >= 4 is 35.9 Å². The Labute approximate surface area is 151 Å². The highest BCUT2D eigenvalue weighted by Gasteiger charge is 2.43. The number of hydrogen-bond donors (Lipinski definition) is 1. The Morgan fingerprint density at radius 3 is 2.78 bits per heavy atom. The van der Waals surface area contributed by atoms with Crippen LogP contribution < -0.4 is 10.1 Å². The summed E-state index contributed by atoms with van der Waals surface area (Å²) in [6.07, 6.45) is 3.83. The van der Waals surface area contributed by atoms with Crippen LogP contribution in [-0.4, -0.2) is 33.2 Å². The number of rotatable bonds is 6. The zero-order valence-electron chi connectivity index (χ0n) is 12.7. The number of thioether (sulfide) groups is 1. The van der Waals surface area contributed by atoms with Crippen LogP contribution in [0.25, 0.3) is 0 Å². The van der Waals surface area contributed by atoms with Crippen LogP contribution in [0.1, 0.15) is 18.4 Å². The molecule has 23 heavy (non-hydrogen) atoms. The van der Waals surface area contributed by atoms with Crippen LogP contribution >= 0.6 is 35.9 Å². The van der Waals surface area contributed by atoms with Crippen molar-refractivity contribution in [3.63, 3.8) is 0 Å². The van der Waals surface area contributed by atoms with Crippen molar-refractivity contribution in [1.29, 1.82) is 0 Å². The van der Waals surface area contributed by atoms with Crippen molar-refractivity contribution in [2.45, 2.75) is 36.4 Å². The van der Waals surface area contributed by atoms with Gasteiger partial charge in [-0.25, -0.2) is 0 Å². The molecule has 0 radical (unpaired) electrons. The summed E-state index contributed by atoms with van der Waals surface area (Å²) in [6.45, 7) is 1.09. The molecular weight excluding hydrogens is 350 g/mol. The fourth-order valence-corrected chi connectivity index (χ4v) is 4.85. The molecule has 2 aromatic rings. The molecule has 1 aromatic carbocycles. The summed E-state index contributed by atoms with van der Waals surface area (Å²) in [5.74, 6) is 2.39. The Morgan fingerprint density at radius 2 is 2.09 bits per heavy atom. The molecule has 1 aromatic heterocycles. The standard InChI is InChI=1S/C16H19N3OS2.ClH/c1-2-4-11(5-3-1)8-9-21-16-15(18-22-19-16)20-14-12-6-7-13(14)17-10-12;/h1-5,12-14,17H,6-10H2;1H. The molecular formula is C16H20ClN3OS2. The van der Waals surface area contributed by atoms with Gasteiger partial charge in [0, 0.05) is 24.3 Å². The number of piperidine rings is 1. The third-order valence-electron chi connectivity index (χ3n) is 4.50. The second kappa shape index (κ2) is 7.83. The predicted octanol–water partition coefficient (Wildman–Crippen LogP) is 3.42. The van der Waals surface area contributed by atoms with Crippen molar-refractivity contribution in [3.8, 4) is 5.88 Å². The molecule has 0 spiro atoms. The van der Waals surface area contributed by atoms with Gasteiger partial charge in [-0.15, -0.1) is 16.8 Å². The molecule has 1 N–H and O–H groups in total. The summed E-state index contributed by atoms with van der Waals surface area (Å²) in [5.41, 5.74) is 1.36. The lowest BCUT2D eigenvalue weighted by Crippen LogP contribution is -2.31. The first-order valence-corrected chi connectivity index (χ1v) is 9.51. The fourth-order valence-electron chi connectivity index (χ4n) is 3.34. The van der Waals surface area contributed by atoms with E-state index in [1.807, 2.05) is 0 Å². The lowest BCUT2D eigenvalue weighted by Gasteiger charge is -2.15. The topological polar surface area (TPSA) is 47.0 Å². The Bertz CT molecular complexity index is 605. The molecule has 3 unspecified atom stereocenters. The zero-order chi connectivity index (χ0) is 14.8. The van der Waals surface area contributed by atoms with Crippen molar-refractivity contribution in [2.75, 3.05) is 12.3 Å². The number of aryl methyl sites for hydroxylation is 1. The Morgan fingerprint density at radius 1 is 1.22 bits per heavy atom. The van der Waals surface area contributed by atoms with Gasteiger partial charge >= 0.3 is 0 Å². The number of aromatic nitrogens is 2. The van der Waals surface area contributed by atoms with Crippen molar-refractivity contribution < 1.29 is 4.74 Å². The van der Waals surface area contributed by atoms with Crippen LogP contribution in [-0.2, 0) is 6.42 Å². The summed E-state index contributed by atoms with van der Waals surface area (Å²) in [5, 5.41) is 4.48. The van der Waals surface area contributed by atoms with Crippen molar-refractivity contribution in [1.82, 2.24) is 14.1 Å². The van der Waals surface area contributed by atoms with E-state index in [0.717, 1.165) is 29.6 Å². The van der Waals surface area contributed by atoms with Crippen LogP contribution in [0.4, 0.5) is 0 Å². The number of halogens is 1. The third-order valence-corrected chi connectivity index (χ3v) is 6.08. The van der Waals surface area contributed by atoms with E-state index in [2.05, 4.69) is 44.4 Å². The second-order valence-corrected chi connectivity index (χ2v) is 7.51. The van der Waals surface area contributed by atoms with E-state index in [4.69, 9.17) is 4.74 Å². The predicted molar refractivity (Wildman–Crippen MR) is 97.0 cm³/mol. The van der Waals surface area contributed by atoms with Crippen molar-refractivity contribution in [2.24, 2.45) is 5.92 Å². The van der Waals surface area contributed by atoms with Gasteiger partial charge in [0.1, 0.15) is 6.10 Å². The van der Waals surface area contributed by atoms with Gasteiger partial charge in [-0.1, -0.05) is 42.1 Å². The van der Waals surface area contributed by atoms with Crippen LogP contribution in [0.5, 0.6) is 5.88 Å². The van der Waals surface area contributed by atoms with Crippen molar-refractivity contribution in [3.05, 3.63) is 35.9 Å². The van der Waals surface area contributed by atoms with Crippen LogP contribution in [0, 0.1) is 5.92 Å². The number of ether oxygens (including phenoxy) is 1. The number of nitrogens with zero attached hydrogens (tertiary/aromatic N) is 2. The number of benzene rings is 1. The van der Waals surface area contributed by atoms with E-state index in [1.54, 1.807) is 11.8 Å². The van der Waals surface area contributed by atoms with Crippen LogP contribution in [0.2, 0.25) is 0 Å². The minimum Gasteiger partial charge on any atom is -0.470 e. The number of fused-ring (bicyclic) bond motifs is 2. The molecule has 3 atom stereocenters. The number of nitrogens with one attached hydrogen (secondary N) is 1. The van der Waals surface area contributed by atoms with Crippen LogP contribution in [0.15, 0.2) is 35.4 Å². The quantitative estimate of drug-likeness (QED) is 0.790. The summed E-state index contributed by atoms with van der Waals surface area (Å²) in [4.78, 5) is 0. The molecule has 2 bridgehead atoms. The summed E-state index contributed by atoms with van der Waals surface area (Å²) < 4.78 is 15.0. The van der Waals surface area contributed by atoms with E-state index < -0.39 is 0 Å². The van der Waals surface area contributed by atoms with Gasteiger partial charge in [0.05, 0.1) is 11.7 Å². The molecule has 2 heterocycles. The molecule has 1 saturated carbocycles. The van der Waals surface area contributed by atoms with Gasteiger partial charge < -0.3 is 10.1 Å². The highest BCUT2D eigenvalue weighted by molar-refractivity contribution is 7.99. The molecule has 124 valence electrons. The SMILES string of the molecule is Cl.c1ccc(CCSc2nsnc2OC2C3CCC2NC3)cc1. The van der Waals surface area contributed by atoms with E-state index >= 15 is 0 Å². The largest absolute Gasteiger partial charge is 0.470 e. The van der Waals surface area contributed by atoms with E-state index in [0.29, 0.717) is 12.0 Å². The van der Waals surface area contributed by atoms with Gasteiger partial charge in [-0.2, -0.15) is 4.37 Å². The minimum atomic E-state index is 0. The maximum Gasteiger partial charge on any atom is 0.260 e. The minimum absolute atomic E-state index is 0. The number of hydrogen-bond acceptors (Lipinski definition) is 6. The first kappa shape index (κ1) is 17.0. The summed E-state index contributed by atoms with van der Waals surface area (Å²) >= 11 is 3.00. The van der Waals surface area contributed by atoms with E-state index in [9.17, 15) is 0 Å². The van der Waals surface area contributed by atoms with Gasteiger partial charge in [-0.05, 0) is 24.8 Å². The molecule has 1 saturated heterocycles. The molecule has 7 heteroatoms. The van der Waals surface area contributed by atoms with Gasteiger partial charge in [-0.3, -0.25) is 0 Å². The molecule has 2 aliphatic rings. The van der Waals surface area contributed by atoms with Crippen LogP contribution in [0.3, 0.4) is 0 Å². The Kier molecular flexibility index (Phi) is 5.80. The maximum atomic E-state index is 6.19. The lowest BCUT2D eigenvalue weighted by atomic mass is 10.1. The summed E-state index contributed by atoms with van der Waals surface area (Å²) in [6, 6.07) is 11.1. The van der Waals surface area contributed by atoms with E-state index in [-0.39, 0.29) is 18.5 Å². The molecule has 2 fully saturated rings. The van der Waals surface area contributed by atoms with Gasteiger partial charge in [0.15, 0.2) is 5.03 Å². The highest BCUT2D eigenvalue weighted by Crippen LogP contribution is 2.36. The molecule has 4 rings (SSSR count). The third kappa shape index (κ3) is 3.82. The Balaban J connectivity index is 0.00000156. The molecule has 1 aliphatic heterocycles. The van der Waals surface area contributed by atoms with E-state index in [1.165, 1.54) is 30.1 Å². The first-order valence-electron chi connectivity index (χ1n) is 7.79. The average molecular weight is 370 g/mol. The average Bonchev–Trinajstić information content (AvgIpc) is 3.26. The molecule has 4 nitrogen and oxygen atoms in total. The second-order valence-electron chi connectivity index (χ2n) is 5.89. The highest BCUT2D eigenvalue weighted by atomic mass is 35.5. The van der Waals surface area contributed by atoms with Gasteiger partial charge in [0.25, 0.3) is 5.88 Å². The monoisotopic (exact) mass is 369 g/mol. The molecule has 1 aliphatic carbocycles.